The highest BCUT2D eigenvalue weighted by Crippen LogP contribution is 2.39. The minimum atomic E-state index is -1.82. The molecule has 4 heterocycles. The van der Waals surface area contributed by atoms with E-state index in [9.17, 15) is 14.7 Å². The highest BCUT2D eigenvalue weighted by Gasteiger charge is 2.45. The third-order valence-corrected chi connectivity index (χ3v) is 6.70. The maximum atomic E-state index is 13.3. The molecule has 174 valence electrons. The smallest absolute Gasteiger partial charge is 0.343 e. The Hall–Kier alpha value is -3.47. The van der Waals surface area contributed by atoms with Crippen LogP contribution in [0.3, 0.4) is 0 Å². The molecule has 0 radical (unpaired) electrons. The second-order valence-electron chi connectivity index (χ2n) is 9.20. The van der Waals surface area contributed by atoms with E-state index in [0.29, 0.717) is 35.6 Å². The first-order valence-corrected chi connectivity index (χ1v) is 11.5. The van der Waals surface area contributed by atoms with Gasteiger partial charge in [0.15, 0.2) is 5.60 Å². The number of benzene rings is 1. The number of hydrogen-bond acceptors (Lipinski definition) is 6. The summed E-state index contributed by atoms with van der Waals surface area (Å²) in [7, 11) is 3.97. The Kier molecular flexibility index (Phi) is 5.31. The summed E-state index contributed by atoms with van der Waals surface area (Å²) >= 11 is 0. The van der Waals surface area contributed by atoms with Gasteiger partial charge in [0.25, 0.3) is 5.56 Å². The normalized spacial score (nSPS) is 18.2. The van der Waals surface area contributed by atoms with E-state index in [1.54, 1.807) is 17.6 Å². The Bertz CT molecular complexity index is 1480. The summed E-state index contributed by atoms with van der Waals surface area (Å²) in [6, 6.07) is 7.94. The van der Waals surface area contributed by atoms with Crippen LogP contribution in [0.1, 0.15) is 48.1 Å². The summed E-state index contributed by atoms with van der Waals surface area (Å²) in [6.07, 6.45) is 0.918. The quantitative estimate of drug-likeness (QED) is 0.376. The number of esters is 1. The minimum Gasteiger partial charge on any atom is -0.458 e. The number of cyclic esters (lactones) is 1. The van der Waals surface area contributed by atoms with Gasteiger partial charge in [-0.15, -0.1) is 0 Å². The summed E-state index contributed by atoms with van der Waals surface area (Å²) in [5.41, 5.74) is 3.77. The van der Waals surface area contributed by atoms with Gasteiger partial charge < -0.3 is 14.4 Å². The van der Waals surface area contributed by atoms with Crippen LogP contribution < -0.4 is 5.56 Å². The fraction of sp³-hybridized carbons (Fsp3) is 0.370. The third kappa shape index (κ3) is 3.33. The van der Waals surface area contributed by atoms with Crippen molar-refractivity contribution >= 4 is 16.9 Å². The molecule has 2 aliphatic heterocycles. The van der Waals surface area contributed by atoms with Gasteiger partial charge in [-0.3, -0.25) is 9.69 Å². The Morgan fingerprint density at radius 3 is 2.71 bits per heavy atom. The Morgan fingerprint density at radius 2 is 2.00 bits per heavy atom. The van der Waals surface area contributed by atoms with Crippen molar-refractivity contribution in [1.29, 1.82) is 0 Å². The Morgan fingerprint density at radius 1 is 1.21 bits per heavy atom. The first-order valence-electron chi connectivity index (χ1n) is 11.5. The molecule has 7 nitrogen and oxygen atoms in total. The summed E-state index contributed by atoms with van der Waals surface area (Å²) in [5.74, 6) is 5.72. The highest BCUT2D eigenvalue weighted by molar-refractivity contribution is 5.88. The van der Waals surface area contributed by atoms with Crippen molar-refractivity contribution in [3.63, 3.8) is 0 Å². The van der Waals surface area contributed by atoms with E-state index in [1.165, 1.54) is 0 Å². The number of pyridine rings is 2. The van der Waals surface area contributed by atoms with Gasteiger partial charge in [-0.25, -0.2) is 9.78 Å². The van der Waals surface area contributed by atoms with Crippen molar-refractivity contribution in [3.8, 4) is 23.2 Å². The molecule has 0 bridgehead atoms. The zero-order valence-electron chi connectivity index (χ0n) is 19.9. The zero-order chi connectivity index (χ0) is 24.2. The van der Waals surface area contributed by atoms with Crippen molar-refractivity contribution in [2.45, 2.75) is 45.4 Å². The molecule has 1 N–H and O–H groups in total. The number of fused-ring (bicyclic) bond motifs is 5. The van der Waals surface area contributed by atoms with Crippen LogP contribution in [-0.4, -0.2) is 46.2 Å². The monoisotopic (exact) mass is 457 g/mol. The number of carbonyl (C=O) groups is 1. The van der Waals surface area contributed by atoms with Crippen LogP contribution in [0.15, 0.2) is 29.1 Å². The highest BCUT2D eigenvalue weighted by atomic mass is 16.6. The van der Waals surface area contributed by atoms with Crippen molar-refractivity contribution in [2.75, 3.05) is 20.6 Å². The molecule has 2 aromatic heterocycles. The van der Waals surface area contributed by atoms with Crippen LogP contribution in [0.4, 0.5) is 0 Å². The van der Waals surface area contributed by atoms with Crippen molar-refractivity contribution in [2.24, 2.45) is 0 Å². The van der Waals surface area contributed by atoms with Crippen LogP contribution in [0.5, 0.6) is 0 Å². The molecule has 0 amide bonds. The number of nitrogens with zero attached hydrogens (tertiary/aromatic N) is 3. The average molecular weight is 458 g/mol. The van der Waals surface area contributed by atoms with Crippen LogP contribution in [0.25, 0.3) is 22.3 Å². The van der Waals surface area contributed by atoms with Gasteiger partial charge in [-0.05, 0) is 56.8 Å². The topological polar surface area (TPSA) is 84.7 Å². The predicted octanol–water partition coefficient (Wildman–Crippen LogP) is 2.56. The molecule has 2 aliphatic rings. The SMILES string of the molecule is CCc1cc(C#CCN(C)C)cc2cc3c(nc12)-c1cc2c(c(=O)n1C3)COC(=O)[C@]2(O)CC. The van der Waals surface area contributed by atoms with Crippen molar-refractivity contribution in [3.05, 3.63) is 62.4 Å². The molecule has 3 aromatic rings. The lowest BCUT2D eigenvalue weighted by Gasteiger charge is -2.31. The number of aromatic nitrogens is 2. The van der Waals surface area contributed by atoms with Gasteiger partial charge in [0.1, 0.15) is 6.61 Å². The summed E-state index contributed by atoms with van der Waals surface area (Å²) in [4.78, 5) is 32.7. The second kappa shape index (κ2) is 8.08. The van der Waals surface area contributed by atoms with Crippen LogP contribution in [0.2, 0.25) is 0 Å². The van der Waals surface area contributed by atoms with Gasteiger partial charge in [0, 0.05) is 22.1 Å². The number of rotatable bonds is 3. The second-order valence-corrected chi connectivity index (χ2v) is 9.20. The fourth-order valence-electron chi connectivity index (χ4n) is 4.81. The number of ether oxygens (including phenoxy) is 1. The number of carbonyl (C=O) groups excluding carboxylic acids is 1. The lowest BCUT2D eigenvalue weighted by molar-refractivity contribution is -0.172. The molecule has 0 fully saturated rings. The first-order chi connectivity index (χ1) is 16.3. The fourth-order valence-corrected chi connectivity index (χ4v) is 4.81. The zero-order valence-corrected chi connectivity index (χ0v) is 19.9. The molecule has 7 heteroatoms. The molecule has 34 heavy (non-hydrogen) atoms. The number of aliphatic hydroxyl groups is 1. The Balaban J connectivity index is 1.69. The number of hydrogen-bond donors (Lipinski definition) is 1. The minimum absolute atomic E-state index is 0.122. The van der Waals surface area contributed by atoms with Crippen LogP contribution in [0, 0.1) is 11.8 Å². The molecule has 0 spiro atoms. The molecule has 1 aromatic carbocycles. The van der Waals surface area contributed by atoms with E-state index in [-0.39, 0.29) is 18.6 Å². The van der Waals surface area contributed by atoms with Crippen LogP contribution in [-0.2, 0) is 34.7 Å². The van der Waals surface area contributed by atoms with Crippen molar-refractivity contribution in [1.82, 2.24) is 14.5 Å². The molecule has 0 saturated carbocycles. The van der Waals surface area contributed by atoms with E-state index in [4.69, 9.17) is 9.72 Å². The van der Waals surface area contributed by atoms with E-state index in [2.05, 4.69) is 30.9 Å². The van der Waals surface area contributed by atoms with E-state index >= 15 is 0 Å². The summed E-state index contributed by atoms with van der Waals surface area (Å²) < 4.78 is 6.81. The summed E-state index contributed by atoms with van der Waals surface area (Å²) in [5, 5.41) is 12.0. The van der Waals surface area contributed by atoms with Gasteiger partial charge >= 0.3 is 5.97 Å². The number of aryl methyl sites for hydroxylation is 1. The molecule has 0 aliphatic carbocycles. The van der Waals surface area contributed by atoms with Gasteiger partial charge in [-0.1, -0.05) is 25.7 Å². The molecular weight excluding hydrogens is 430 g/mol. The van der Waals surface area contributed by atoms with Gasteiger partial charge in [0.2, 0.25) is 0 Å². The van der Waals surface area contributed by atoms with E-state index in [1.807, 2.05) is 25.1 Å². The molecular formula is C27H27N3O4. The summed E-state index contributed by atoms with van der Waals surface area (Å²) in [6.45, 7) is 4.73. The van der Waals surface area contributed by atoms with E-state index in [0.717, 1.165) is 34.0 Å². The molecule has 0 unspecified atom stereocenters. The van der Waals surface area contributed by atoms with E-state index < -0.39 is 11.6 Å². The maximum Gasteiger partial charge on any atom is 0.343 e. The lowest BCUT2D eigenvalue weighted by atomic mass is 9.86. The molecule has 0 saturated heterocycles. The standard InChI is InChI=1S/C27H27N3O4/c1-5-17-10-16(8-7-9-29(3)4)11-18-12-19-14-30-22(24(19)28-23(17)18)13-21-20(25(30)31)15-34-26(32)27(21,33)6-2/h10-13,33H,5-6,9,14-15H2,1-4H3/t27-/m0/s1. The van der Waals surface area contributed by atoms with Gasteiger partial charge in [0.05, 0.1) is 35.6 Å². The Labute approximate surface area is 198 Å². The van der Waals surface area contributed by atoms with Crippen LogP contribution >= 0.6 is 0 Å². The predicted molar refractivity (Wildman–Crippen MR) is 129 cm³/mol. The maximum absolute atomic E-state index is 13.3. The first kappa shape index (κ1) is 22.3. The van der Waals surface area contributed by atoms with Crippen molar-refractivity contribution < 1.29 is 14.6 Å². The van der Waals surface area contributed by atoms with Gasteiger partial charge in [-0.2, -0.15) is 0 Å². The molecule has 1 atom stereocenters. The molecule has 5 rings (SSSR count). The lowest BCUT2D eigenvalue weighted by Crippen LogP contribution is -2.44. The third-order valence-electron chi connectivity index (χ3n) is 6.70. The average Bonchev–Trinajstić information content (AvgIpc) is 3.17. The largest absolute Gasteiger partial charge is 0.458 e.